The Labute approximate surface area is 164 Å². The van der Waals surface area contributed by atoms with Crippen LogP contribution < -0.4 is 16.0 Å². The van der Waals surface area contributed by atoms with Crippen LogP contribution in [0.15, 0.2) is 17.3 Å². The van der Waals surface area contributed by atoms with Crippen molar-refractivity contribution in [1.82, 2.24) is 20.6 Å². The van der Waals surface area contributed by atoms with Crippen LogP contribution in [0, 0.1) is 5.92 Å². The molecular weight excluding hydrogens is 402 g/mol. The maximum atomic E-state index is 12.8. The van der Waals surface area contributed by atoms with Gasteiger partial charge in [-0.25, -0.2) is 9.97 Å². The second-order valence-electron chi connectivity index (χ2n) is 6.69. The van der Waals surface area contributed by atoms with E-state index in [2.05, 4.69) is 30.9 Å². The van der Waals surface area contributed by atoms with E-state index in [-0.39, 0.29) is 37.9 Å². The highest BCUT2D eigenvalue weighted by Gasteiger charge is 2.41. The number of hydrogen-bond acceptors (Lipinski definition) is 4. The first-order chi connectivity index (χ1) is 13.6. The summed E-state index contributed by atoms with van der Waals surface area (Å²) in [6.07, 6.45) is -6.74. The van der Waals surface area contributed by atoms with Gasteiger partial charge in [0.1, 0.15) is 5.69 Å². The summed E-state index contributed by atoms with van der Waals surface area (Å²) >= 11 is 0. The fraction of sp³-hybridized carbons (Fsp3) is 0.706. The van der Waals surface area contributed by atoms with Gasteiger partial charge in [0.15, 0.2) is 5.96 Å². The lowest BCUT2D eigenvalue weighted by molar-refractivity contribution is -0.182. The van der Waals surface area contributed by atoms with E-state index in [0.717, 1.165) is 12.3 Å². The summed E-state index contributed by atoms with van der Waals surface area (Å²) in [5, 5.41) is 8.80. The molecule has 0 radical (unpaired) electrons. The van der Waals surface area contributed by atoms with Crippen molar-refractivity contribution in [2.24, 2.45) is 10.9 Å². The lowest BCUT2D eigenvalue weighted by Gasteiger charge is -2.31. The van der Waals surface area contributed by atoms with Crippen molar-refractivity contribution < 1.29 is 26.3 Å². The van der Waals surface area contributed by atoms with Crippen LogP contribution in [0.4, 0.5) is 32.3 Å². The molecule has 0 amide bonds. The predicted octanol–water partition coefficient (Wildman–Crippen LogP) is 3.58. The standard InChI is InChI=1S/C17H24F6N6/c1-2-24-14(28-12-5-3-11(4-6-12)16(18,19)20)26-9-10-27-15-25-8-7-13(29-15)17(21,22)23/h7-8,11-12H,2-6,9-10H2,1H3,(H2,24,26,28)(H,25,27,29). The molecular formula is C17H24F6N6. The van der Waals surface area contributed by atoms with Crippen molar-refractivity contribution >= 4 is 11.9 Å². The Morgan fingerprint density at radius 3 is 2.41 bits per heavy atom. The van der Waals surface area contributed by atoms with E-state index in [0.29, 0.717) is 25.3 Å². The monoisotopic (exact) mass is 426 g/mol. The minimum atomic E-state index is -4.55. The number of aromatic nitrogens is 2. The summed E-state index contributed by atoms with van der Waals surface area (Å²) in [6, 6.07) is 0.676. The molecule has 3 N–H and O–H groups in total. The van der Waals surface area contributed by atoms with E-state index in [9.17, 15) is 26.3 Å². The minimum Gasteiger partial charge on any atom is -0.357 e. The topological polar surface area (TPSA) is 74.2 Å². The highest BCUT2D eigenvalue weighted by atomic mass is 19.4. The summed E-state index contributed by atoms with van der Waals surface area (Å²) in [5.74, 6) is -0.954. The van der Waals surface area contributed by atoms with Gasteiger partial charge in [0.2, 0.25) is 5.95 Å². The molecule has 29 heavy (non-hydrogen) atoms. The molecule has 2 rings (SSSR count). The highest BCUT2D eigenvalue weighted by molar-refractivity contribution is 5.80. The fourth-order valence-corrected chi connectivity index (χ4v) is 3.02. The number of nitrogens with one attached hydrogen (secondary N) is 3. The van der Waals surface area contributed by atoms with Crippen LogP contribution >= 0.6 is 0 Å². The number of guanidine groups is 1. The number of aliphatic imine (C=N–C) groups is 1. The summed E-state index contributed by atoms with van der Waals surface area (Å²) in [5.41, 5.74) is -1.04. The van der Waals surface area contributed by atoms with Gasteiger partial charge >= 0.3 is 12.4 Å². The van der Waals surface area contributed by atoms with E-state index in [1.54, 1.807) is 0 Å². The third kappa shape index (κ3) is 7.58. The second kappa shape index (κ2) is 9.97. The number of anilines is 1. The number of halogens is 6. The van der Waals surface area contributed by atoms with Gasteiger partial charge in [-0.2, -0.15) is 26.3 Å². The zero-order valence-electron chi connectivity index (χ0n) is 15.9. The molecule has 12 heteroatoms. The van der Waals surface area contributed by atoms with Crippen molar-refractivity contribution in [3.05, 3.63) is 18.0 Å². The molecule has 1 saturated carbocycles. The first kappa shape index (κ1) is 23.0. The Kier molecular flexibility index (Phi) is 7.91. The van der Waals surface area contributed by atoms with Crippen molar-refractivity contribution in [1.29, 1.82) is 0 Å². The number of rotatable bonds is 6. The average molecular weight is 426 g/mol. The van der Waals surface area contributed by atoms with Crippen molar-refractivity contribution in [3.63, 3.8) is 0 Å². The van der Waals surface area contributed by atoms with E-state index < -0.39 is 24.0 Å². The van der Waals surface area contributed by atoms with Crippen LogP contribution in [-0.4, -0.2) is 47.8 Å². The zero-order valence-corrected chi connectivity index (χ0v) is 15.9. The Bertz CT molecular complexity index is 667. The molecule has 0 saturated heterocycles. The molecule has 0 aromatic carbocycles. The van der Waals surface area contributed by atoms with Crippen LogP contribution in [0.25, 0.3) is 0 Å². The second-order valence-corrected chi connectivity index (χ2v) is 6.69. The first-order valence-corrected chi connectivity index (χ1v) is 9.35. The van der Waals surface area contributed by atoms with E-state index in [4.69, 9.17) is 0 Å². The van der Waals surface area contributed by atoms with Crippen LogP contribution in [0.5, 0.6) is 0 Å². The van der Waals surface area contributed by atoms with Gasteiger partial charge in [0, 0.05) is 25.3 Å². The van der Waals surface area contributed by atoms with Gasteiger partial charge in [-0.1, -0.05) is 0 Å². The number of hydrogen-bond donors (Lipinski definition) is 3. The van der Waals surface area contributed by atoms with E-state index in [1.807, 2.05) is 6.92 Å². The SMILES string of the molecule is CCNC(=NCCNc1nccc(C(F)(F)F)n1)NC1CCC(C(F)(F)F)CC1. The van der Waals surface area contributed by atoms with Gasteiger partial charge in [-0.3, -0.25) is 4.99 Å². The maximum Gasteiger partial charge on any atom is 0.433 e. The van der Waals surface area contributed by atoms with Crippen LogP contribution in [0.3, 0.4) is 0 Å². The maximum absolute atomic E-state index is 12.8. The summed E-state index contributed by atoms with van der Waals surface area (Å²) in [6.45, 7) is 2.83. The summed E-state index contributed by atoms with van der Waals surface area (Å²) in [4.78, 5) is 11.4. The molecule has 6 nitrogen and oxygen atoms in total. The Morgan fingerprint density at radius 1 is 1.14 bits per heavy atom. The van der Waals surface area contributed by atoms with Gasteiger partial charge in [-0.15, -0.1) is 0 Å². The molecule has 0 unspecified atom stereocenters. The lowest BCUT2D eigenvalue weighted by Crippen LogP contribution is -2.46. The third-order valence-electron chi connectivity index (χ3n) is 4.49. The molecule has 1 aromatic heterocycles. The van der Waals surface area contributed by atoms with E-state index in [1.165, 1.54) is 0 Å². The molecule has 0 atom stereocenters. The highest BCUT2D eigenvalue weighted by Crippen LogP contribution is 2.37. The van der Waals surface area contributed by atoms with Gasteiger partial charge in [0.25, 0.3) is 0 Å². The molecule has 1 aromatic rings. The Morgan fingerprint density at radius 2 is 1.83 bits per heavy atom. The van der Waals surface area contributed by atoms with Crippen molar-refractivity contribution in [2.75, 3.05) is 25.0 Å². The molecule has 1 aliphatic rings. The Balaban J connectivity index is 1.82. The van der Waals surface area contributed by atoms with Crippen LogP contribution in [-0.2, 0) is 6.18 Å². The predicted molar refractivity (Wildman–Crippen MR) is 96.4 cm³/mol. The van der Waals surface area contributed by atoms with Crippen LogP contribution in [0.1, 0.15) is 38.3 Å². The van der Waals surface area contributed by atoms with Gasteiger partial charge in [-0.05, 0) is 38.7 Å². The summed E-state index contributed by atoms with van der Waals surface area (Å²) < 4.78 is 76.2. The van der Waals surface area contributed by atoms with Crippen molar-refractivity contribution in [2.45, 2.75) is 51.0 Å². The van der Waals surface area contributed by atoms with Crippen LogP contribution in [0.2, 0.25) is 0 Å². The smallest absolute Gasteiger partial charge is 0.357 e. The molecule has 0 bridgehead atoms. The first-order valence-electron chi connectivity index (χ1n) is 9.35. The minimum absolute atomic E-state index is 0.0784. The molecule has 1 aliphatic carbocycles. The molecule has 1 heterocycles. The molecule has 1 fully saturated rings. The van der Waals surface area contributed by atoms with Crippen molar-refractivity contribution in [3.8, 4) is 0 Å². The molecule has 164 valence electrons. The van der Waals surface area contributed by atoms with Gasteiger partial charge < -0.3 is 16.0 Å². The normalized spacial score (nSPS) is 21.0. The summed E-state index contributed by atoms with van der Waals surface area (Å²) in [7, 11) is 0. The quantitative estimate of drug-likeness (QED) is 0.281. The average Bonchev–Trinajstić information content (AvgIpc) is 2.64. The van der Waals surface area contributed by atoms with E-state index >= 15 is 0 Å². The zero-order chi connectivity index (χ0) is 21.5. The van der Waals surface area contributed by atoms with Gasteiger partial charge in [0.05, 0.1) is 12.5 Å². The third-order valence-corrected chi connectivity index (χ3v) is 4.49. The number of alkyl halides is 6. The molecule has 0 spiro atoms. The fourth-order valence-electron chi connectivity index (χ4n) is 3.02. The number of nitrogens with zero attached hydrogens (tertiary/aromatic N) is 3. The largest absolute Gasteiger partial charge is 0.433 e. The Hall–Kier alpha value is -2.27. The molecule has 0 aliphatic heterocycles. The lowest BCUT2D eigenvalue weighted by atomic mass is 9.85.